The van der Waals surface area contributed by atoms with Crippen molar-refractivity contribution in [1.82, 2.24) is 5.43 Å². The van der Waals surface area contributed by atoms with E-state index in [-0.39, 0.29) is 18.3 Å². The Bertz CT molecular complexity index is 1140. The number of benzene rings is 3. The molecule has 0 aromatic heterocycles. The second kappa shape index (κ2) is 12.0. The first-order valence-electron chi connectivity index (χ1n) is 10.3. The highest BCUT2D eigenvalue weighted by Gasteiger charge is 2.11. The Morgan fingerprint density at radius 1 is 1.06 bits per heavy atom. The van der Waals surface area contributed by atoms with Gasteiger partial charge in [-0.15, -0.1) is 0 Å². The third-order valence-corrected chi connectivity index (χ3v) is 5.13. The highest BCUT2D eigenvalue weighted by Crippen LogP contribution is 2.28. The zero-order valence-electron chi connectivity index (χ0n) is 18.3. The van der Waals surface area contributed by atoms with E-state index in [2.05, 4.69) is 26.5 Å². The third kappa shape index (κ3) is 7.05. The van der Waals surface area contributed by atoms with Crippen LogP contribution in [0.2, 0.25) is 0 Å². The van der Waals surface area contributed by atoms with Gasteiger partial charge in [0.25, 0.3) is 5.91 Å². The number of ether oxygens (including phenoxy) is 3. The summed E-state index contributed by atoms with van der Waals surface area (Å²) in [4.78, 5) is 12.4. The average Bonchev–Trinajstić information content (AvgIpc) is 2.82. The fourth-order valence-corrected chi connectivity index (χ4v) is 3.38. The van der Waals surface area contributed by atoms with Gasteiger partial charge < -0.3 is 14.2 Å². The van der Waals surface area contributed by atoms with E-state index in [1.54, 1.807) is 48.5 Å². The second-order valence-corrected chi connectivity index (χ2v) is 7.88. The summed E-state index contributed by atoms with van der Waals surface area (Å²) in [7, 11) is 1.53. The number of carbonyl (C=O) groups is 1. The molecule has 0 atom stereocenters. The van der Waals surface area contributed by atoms with Gasteiger partial charge in [-0.2, -0.15) is 5.10 Å². The summed E-state index contributed by atoms with van der Waals surface area (Å²) < 4.78 is 30.6. The lowest BCUT2D eigenvalue weighted by Gasteiger charge is -2.11. The van der Waals surface area contributed by atoms with Crippen molar-refractivity contribution in [2.75, 3.05) is 13.7 Å². The van der Waals surface area contributed by atoms with Gasteiger partial charge in [0.2, 0.25) is 0 Å². The van der Waals surface area contributed by atoms with Crippen LogP contribution in [-0.2, 0) is 6.61 Å². The van der Waals surface area contributed by atoms with Crippen molar-refractivity contribution in [2.45, 2.75) is 20.0 Å². The second-order valence-electron chi connectivity index (χ2n) is 7.02. The van der Waals surface area contributed by atoms with Gasteiger partial charge in [0, 0.05) is 5.56 Å². The molecule has 0 unspecified atom stereocenters. The van der Waals surface area contributed by atoms with Crippen LogP contribution in [0.25, 0.3) is 0 Å². The fraction of sp³-hybridized carbons (Fsp3) is 0.200. The number of rotatable bonds is 10. The van der Waals surface area contributed by atoms with Crippen molar-refractivity contribution in [2.24, 2.45) is 5.10 Å². The number of amides is 1. The minimum atomic E-state index is -0.374. The first-order chi connectivity index (χ1) is 16.0. The number of hydrogen-bond donors (Lipinski definition) is 1. The number of halogens is 2. The van der Waals surface area contributed by atoms with E-state index in [4.69, 9.17) is 14.2 Å². The molecular weight excluding hydrogens is 491 g/mol. The van der Waals surface area contributed by atoms with Gasteiger partial charge in [0.1, 0.15) is 18.2 Å². The van der Waals surface area contributed by atoms with Gasteiger partial charge in [0.05, 0.1) is 24.4 Å². The molecule has 1 N–H and O–H groups in total. The maximum atomic E-state index is 13.3. The molecule has 0 aliphatic rings. The maximum Gasteiger partial charge on any atom is 0.271 e. The molecule has 0 radical (unpaired) electrons. The molecule has 3 rings (SSSR count). The van der Waals surface area contributed by atoms with Crippen LogP contribution in [0.5, 0.6) is 17.2 Å². The quantitative estimate of drug-likeness (QED) is 0.277. The van der Waals surface area contributed by atoms with Crippen molar-refractivity contribution in [3.05, 3.63) is 87.6 Å². The normalized spacial score (nSPS) is 10.8. The number of nitrogens with one attached hydrogen (secondary N) is 1. The van der Waals surface area contributed by atoms with Crippen molar-refractivity contribution in [3.63, 3.8) is 0 Å². The van der Waals surface area contributed by atoms with E-state index >= 15 is 0 Å². The summed E-state index contributed by atoms with van der Waals surface area (Å²) in [5, 5.41) is 4.02. The lowest BCUT2D eigenvalue weighted by molar-refractivity contribution is 0.0954. The Kier molecular flexibility index (Phi) is 8.83. The van der Waals surface area contributed by atoms with Crippen molar-refractivity contribution >= 4 is 28.1 Å². The molecule has 0 aliphatic heterocycles. The Morgan fingerprint density at radius 2 is 1.88 bits per heavy atom. The highest BCUT2D eigenvalue weighted by molar-refractivity contribution is 9.10. The highest BCUT2D eigenvalue weighted by atomic mass is 79.9. The molecule has 0 aliphatic carbocycles. The van der Waals surface area contributed by atoms with Gasteiger partial charge in [-0.05, 0) is 82.0 Å². The smallest absolute Gasteiger partial charge is 0.271 e. The van der Waals surface area contributed by atoms with Gasteiger partial charge in [0.15, 0.2) is 11.5 Å². The van der Waals surface area contributed by atoms with E-state index in [0.717, 1.165) is 17.5 Å². The van der Waals surface area contributed by atoms with E-state index < -0.39 is 0 Å². The zero-order valence-corrected chi connectivity index (χ0v) is 19.9. The first kappa shape index (κ1) is 24.3. The predicted molar refractivity (Wildman–Crippen MR) is 129 cm³/mol. The van der Waals surface area contributed by atoms with E-state index in [0.29, 0.717) is 33.9 Å². The van der Waals surface area contributed by atoms with Crippen LogP contribution in [0.4, 0.5) is 4.39 Å². The van der Waals surface area contributed by atoms with E-state index in [1.165, 1.54) is 25.5 Å². The fourth-order valence-electron chi connectivity index (χ4n) is 2.87. The molecule has 8 heteroatoms. The molecule has 6 nitrogen and oxygen atoms in total. The molecule has 0 spiro atoms. The predicted octanol–water partition coefficient (Wildman–Crippen LogP) is 5.73. The molecule has 172 valence electrons. The summed E-state index contributed by atoms with van der Waals surface area (Å²) in [6, 6.07) is 16.6. The van der Waals surface area contributed by atoms with Gasteiger partial charge in [-0.1, -0.05) is 19.1 Å². The number of hydrazone groups is 1. The molecule has 0 saturated carbocycles. The standard InChI is InChI=1S/C25H24BrFN2O4/c1-3-11-32-23-10-8-19(14-24(23)31-2)25(30)29-28-15-17-7-9-22(21(26)13-17)33-16-18-5-4-6-20(27)12-18/h4-10,12-15H,3,11,16H2,1-2H3,(H,29,30)/b28-15+. The Labute approximate surface area is 200 Å². The summed E-state index contributed by atoms with van der Waals surface area (Å²) in [6.45, 7) is 2.82. The Balaban J connectivity index is 1.58. The summed E-state index contributed by atoms with van der Waals surface area (Å²) in [6.07, 6.45) is 2.39. The van der Waals surface area contributed by atoms with Gasteiger partial charge in [-0.25, -0.2) is 9.82 Å². The average molecular weight is 515 g/mol. The number of carbonyl (C=O) groups excluding carboxylic acids is 1. The summed E-state index contributed by atoms with van der Waals surface area (Å²) in [5.41, 5.74) is 4.38. The summed E-state index contributed by atoms with van der Waals surface area (Å²) >= 11 is 3.46. The molecule has 1 amide bonds. The van der Waals surface area contributed by atoms with E-state index in [1.807, 2.05) is 6.92 Å². The number of methoxy groups -OCH3 is 1. The van der Waals surface area contributed by atoms with Gasteiger partial charge >= 0.3 is 0 Å². The SMILES string of the molecule is CCCOc1ccc(C(=O)N/N=C/c2ccc(OCc3cccc(F)c3)c(Br)c2)cc1OC. The number of nitrogens with zero attached hydrogens (tertiary/aromatic N) is 1. The van der Waals surface area contributed by atoms with Crippen molar-refractivity contribution < 1.29 is 23.4 Å². The maximum absolute atomic E-state index is 13.3. The zero-order chi connectivity index (χ0) is 23.6. The first-order valence-corrected chi connectivity index (χ1v) is 11.1. The minimum absolute atomic E-state index is 0.242. The topological polar surface area (TPSA) is 69.2 Å². The Morgan fingerprint density at radius 3 is 2.61 bits per heavy atom. The molecule has 0 bridgehead atoms. The number of hydrogen-bond acceptors (Lipinski definition) is 5. The van der Waals surface area contributed by atoms with Crippen molar-refractivity contribution in [3.8, 4) is 17.2 Å². The van der Waals surface area contributed by atoms with Crippen LogP contribution in [0.3, 0.4) is 0 Å². The van der Waals surface area contributed by atoms with Crippen molar-refractivity contribution in [1.29, 1.82) is 0 Å². The monoisotopic (exact) mass is 514 g/mol. The van der Waals surface area contributed by atoms with E-state index in [9.17, 15) is 9.18 Å². The van der Waals surface area contributed by atoms with Crippen LogP contribution < -0.4 is 19.6 Å². The third-order valence-electron chi connectivity index (χ3n) is 4.51. The Hall–Kier alpha value is -3.39. The minimum Gasteiger partial charge on any atom is -0.493 e. The molecule has 3 aromatic rings. The summed E-state index contributed by atoms with van der Waals surface area (Å²) in [5.74, 6) is 1.00. The lowest BCUT2D eigenvalue weighted by atomic mass is 10.2. The van der Waals surface area contributed by atoms with Crippen LogP contribution in [0.15, 0.2) is 70.2 Å². The molecule has 0 heterocycles. The molecular formula is C25H24BrFN2O4. The molecule has 33 heavy (non-hydrogen) atoms. The largest absolute Gasteiger partial charge is 0.493 e. The van der Waals surface area contributed by atoms with Crippen LogP contribution in [0, 0.1) is 5.82 Å². The molecule has 0 saturated heterocycles. The van der Waals surface area contributed by atoms with Gasteiger partial charge in [-0.3, -0.25) is 4.79 Å². The molecule has 0 fully saturated rings. The van der Waals surface area contributed by atoms with Crippen LogP contribution in [0.1, 0.15) is 34.8 Å². The van der Waals surface area contributed by atoms with Crippen LogP contribution >= 0.6 is 15.9 Å². The van der Waals surface area contributed by atoms with Crippen LogP contribution in [-0.4, -0.2) is 25.8 Å². The lowest BCUT2D eigenvalue weighted by Crippen LogP contribution is -2.17. The molecule has 3 aromatic carbocycles.